The van der Waals surface area contributed by atoms with Crippen molar-refractivity contribution in [1.29, 1.82) is 0 Å². The third-order valence-electron chi connectivity index (χ3n) is 4.14. The number of benzene rings is 2. The maximum Gasteiger partial charge on any atom is 0.287 e. The molecule has 0 unspecified atom stereocenters. The first-order chi connectivity index (χ1) is 13.0. The van der Waals surface area contributed by atoms with Crippen molar-refractivity contribution in [2.24, 2.45) is 0 Å². The number of aryl methyl sites for hydroxylation is 2. The number of rotatable bonds is 6. The lowest BCUT2D eigenvalue weighted by Gasteiger charge is -2.18. The van der Waals surface area contributed by atoms with Crippen molar-refractivity contribution >= 4 is 17.5 Å². The number of hydrogen-bond acceptors (Lipinski definition) is 3. The highest BCUT2D eigenvalue weighted by Crippen LogP contribution is 2.15. The van der Waals surface area contributed by atoms with E-state index in [4.69, 9.17) is 4.42 Å². The van der Waals surface area contributed by atoms with Crippen LogP contribution in [-0.4, -0.2) is 17.9 Å². The van der Waals surface area contributed by atoms with E-state index >= 15 is 0 Å². The van der Waals surface area contributed by atoms with Crippen LogP contribution in [0.25, 0.3) is 0 Å². The molecule has 0 aliphatic carbocycles. The summed E-state index contributed by atoms with van der Waals surface area (Å²) in [6.45, 7) is 3.95. The van der Waals surface area contributed by atoms with E-state index in [2.05, 4.69) is 10.6 Å². The summed E-state index contributed by atoms with van der Waals surface area (Å²) in [5, 5.41) is 5.68. The van der Waals surface area contributed by atoms with Crippen molar-refractivity contribution in [3.63, 3.8) is 0 Å². The molecule has 1 atom stereocenters. The number of amides is 2. The quantitative estimate of drug-likeness (QED) is 0.699. The summed E-state index contributed by atoms with van der Waals surface area (Å²) in [4.78, 5) is 25.3. The highest BCUT2D eigenvalue weighted by atomic mass is 16.3. The lowest BCUT2D eigenvalue weighted by atomic mass is 10.0. The van der Waals surface area contributed by atoms with Crippen LogP contribution in [0.4, 0.5) is 5.69 Å². The molecule has 0 saturated carbocycles. The first kappa shape index (κ1) is 18.5. The Morgan fingerprint density at radius 1 is 0.963 bits per heavy atom. The van der Waals surface area contributed by atoms with Crippen molar-refractivity contribution in [2.45, 2.75) is 26.3 Å². The lowest BCUT2D eigenvalue weighted by Crippen LogP contribution is -2.45. The minimum absolute atomic E-state index is 0.173. The molecule has 0 fully saturated rings. The Labute approximate surface area is 158 Å². The van der Waals surface area contributed by atoms with Gasteiger partial charge >= 0.3 is 0 Å². The molecule has 3 rings (SSSR count). The first-order valence-electron chi connectivity index (χ1n) is 8.79. The molecular weight excluding hydrogens is 340 g/mol. The Morgan fingerprint density at radius 3 is 2.30 bits per heavy atom. The van der Waals surface area contributed by atoms with Crippen LogP contribution < -0.4 is 10.6 Å². The Hall–Kier alpha value is -3.34. The molecule has 5 heteroatoms. The molecule has 2 aromatic carbocycles. The van der Waals surface area contributed by atoms with Gasteiger partial charge in [0.1, 0.15) is 6.04 Å². The molecule has 0 bridgehead atoms. The Kier molecular flexibility index (Phi) is 5.71. The summed E-state index contributed by atoms with van der Waals surface area (Å²) < 4.78 is 5.13. The summed E-state index contributed by atoms with van der Waals surface area (Å²) in [6, 6.07) is 17.9. The topological polar surface area (TPSA) is 71.3 Å². The smallest absolute Gasteiger partial charge is 0.287 e. The Balaban J connectivity index is 1.79. The average Bonchev–Trinajstić information content (AvgIpc) is 3.16. The lowest BCUT2D eigenvalue weighted by molar-refractivity contribution is -0.118. The fourth-order valence-corrected chi connectivity index (χ4v) is 2.97. The normalized spacial score (nSPS) is 11.6. The van der Waals surface area contributed by atoms with E-state index in [1.54, 1.807) is 12.1 Å². The number of hydrogen-bond donors (Lipinski definition) is 2. The Morgan fingerprint density at radius 2 is 1.67 bits per heavy atom. The van der Waals surface area contributed by atoms with Crippen LogP contribution in [0.5, 0.6) is 0 Å². The van der Waals surface area contributed by atoms with Crippen LogP contribution in [-0.2, 0) is 11.2 Å². The van der Waals surface area contributed by atoms with Crippen molar-refractivity contribution < 1.29 is 14.0 Å². The van der Waals surface area contributed by atoms with E-state index in [1.807, 2.05) is 62.4 Å². The number of nitrogens with one attached hydrogen (secondary N) is 2. The fourth-order valence-electron chi connectivity index (χ4n) is 2.97. The molecule has 0 aliphatic heterocycles. The first-order valence-corrected chi connectivity index (χ1v) is 8.79. The van der Waals surface area contributed by atoms with Gasteiger partial charge in [0.2, 0.25) is 5.91 Å². The third-order valence-corrected chi connectivity index (χ3v) is 4.14. The molecule has 1 aromatic heterocycles. The highest BCUT2D eigenvalue weighted by molar-refractivity contribution is 6.00. The number of carbonyl (C=O) groups is 2. The standard InChI is InChI=1S/C22H22N2O3/c1-15-11-16(2)13-18(12-15)23-21(25)19(14-17-7-4-3-5-8-17)24-22(26)20-9-6-10-27-20/h3-13,19H,14H2,1-2H3,(H,23,25)(H,24,26)/t19-/m0/s1. The zero-order valence-corrected chi connectivity index (χ0v) is 15.4. The van der Waals surface area contributed by atoms with Crippen LogP contribution in [0, 0.1) is 13.8 Å². The minimum atomic E-state index is -0.731. The summed E-state index contributed by atoms with van der Waals surface area (Å²) >= 11 is 0. The molecule has 0 aliphatic rings. The maximum absolute atomic E-state index is 12.9. The van der Waals surface area contributed by atoms with Crippen molar-refractivity contribution in [2.75, 3.05) is 5.32 Å². The van der Waals surface area contributed by atoms with Gasteiger partial charge in [-0.15, -0.1) is 0 Å². The van der Waals surface area contributed by atoms with E-state index in [0.717, 1.165) is 16.7 Å². The average molecular weight is 362 g/mol. The molecule has 27 heavy (non-hydrogen) atoms. The van der Waals surface area contributed by atoms with Crippen LogP contribution in [0.1, 0.15) is 27.2 Å². The third kappa shape index (κ3) is 5.07. The van der Waals surface area contributed by atoms with Crippen LogP contribution >= 0.6 is 0 Å². The predicted molar refractivity (Wildman–Crippen MR) is 105 cm³/mol. The van der Waals surface area contributed by atoms with Crippen molar-refractivity contribution in [1.82, 2.24) is 5.32 Å². The van der Waals surface area contributed by atoms with E-state index in [9.17, 15) is 9.59 Å². The van der Waals surface area contributed by atoms with E-state index in [0.29, 0.717) is 12.1 Å². The second kappa shape index (κ2) is 8.36. The second-order valence-corrected chi connectivity index (χ2v) is 6.56. The van der Waals surface area contributed by atoms with Crippen molar-refractivity contribution in [3.05, 3.63) is 89.4 Å². The van der Waals surface area contributed by atoms with E-state index in [-0.39, 0.29) is 11.7 Å². The molecule has 0 saturated heterocycles. The van der Waals surface area contributed by atoms with Gasteiger partial charge in [-0.05, 0) is 54.8 Å². The van der Waals surface area contributed by atoms with Gasteiger partial charge < -0.3 is 15.1 Å². The fraction of sp³-hybridized carbons (Fsp3) is 0.182. The van der Waals surface area contributed by atoms with Crippen LogP contribution in [0.2, 0.25) is 0 Å². The number of furan rings is 1. The number of carbonyl (C=O) groups excluding carboxylic acids is 2. The molecule has 0 radical (unpaired) electrons. The van der Waals surface area contributed by atoms with Crippen LogP contribution in [0.3, 0.4) is 0 Å². The number of anilines is 1. The van der Waals surface area contributed by atoms with E-state index in [1.165, 1.54) is 6.26 Å². The molecule has 0 spiro atoms. The molecular formula is C22H22N2O3. The molecule has 3 aromatic rings. The largest absolute Gasteiger partial charge is 0.459 e. The summed E-state index contributed by atoms with van der Waals surface area (Å²) in [5.41, 5.74) is 3.79. The van der Waals surface area contributed by atoms with E-state index < -0.39 is 11.9 Å². The SMILES string of the molecule is Cc1cc(C)cc(NC(=O)[C@H](Cc2ccccc2)NC(=O)c2ccco2)c1. The van der Waals surface area contributed by atoms with Gasteiger partial charge in [-0.1, -0.05) is 36.4 Å². The molecule has 1 heterocycles. The van der Waals surface area contributed by atoms with Gasteiger partial charge in [0, 0.05) is 12.1 Å². The summed E-state index contributed by atoms with van der Waals surface area (Å²) in [6.07, 6.45) is 1.81. The Bertz CT molecular complexity index is 898. The minimum Gasteiger partial charge on any atom is -0.459 e. The van der Waals surface area contributed by atoms with Gasteiger partial charge in [-0.2, -0.15) is 0 Å². The van der Waals surface area contributed by atoms with Gasteiger partial charge in [-0.3, -0.25) is 9.59 Å². The molecule has 2 amide bonds. The van der Waals surface area contributed by atoms with Crippen molar-refractivity contribution in [3.8, 4) is 0 Å². The van der Waals surface area contributed by atoms with Gasteiger partial charge in [0.05, 0.1) is 6.26 Å². The monoisotopic (exact) mass is 362 g/mol. The molecule has 5 nitrogen and oxygen atoms in total. The summed E-state index contributed by atoms with van der Waals surface area (Å²) in [7, 11) is 0. The maximum atomic E-state index is 12.9. The zero-order chi connectivity index (χ0) is 19.2. The highest BCUT2D eigenvalue weighted by Gasteiger charge is 2.23. The second-order valence-electron chi connectivity index (χ2n) is 6.56. The van der Waals surface area contributed by atoms with Gasteiger partial charge in [0.15, 0.2) is 5.76 Å². The molecule has 138 valence electrons. The van der Waals surface area contributed by atoms with Gasteiger partial charge in [0.25, 0.3) is 5.91 Å². The molecule has 2 N–H and O–H groups in total. The predicted octanol–water partition coefficient (Wildman–Crippen LogP) is 3.88. The van der Waals surface area contributed by atoms with Crippen LogP contribution in [0.15, 0.2) is 71.3 Å². The van der Waals surface area contributed by atoms with Gasteiger partial charge in [-0.25, -0.2) is 0 Å². The summed E-state index contributed by atoms with van der Waals surface area (Å²) in [5.74, 6) is -0.521. The zero-order valence-electron chi connectivity index (χ0n) is 15.4.